The van der Waals surface area contributed by atoms with Crippen molar-refractivity contribution in [2.75, 3.05) is 6.61 Å². The SMILES string of the molecule is O=C(OCC1O[C@@H](n2cnc3c(Cl)ncnc32)[C@@H](F)C1OC(=O)c1ccccc1)c1ccccc1. The summed E-state index contributed by atoms with van der Waals surface area (Å²) in [5.41, 5.74) is 1.08. The van der Waals surface area contributed by atoms with Crippen molar-refractivity contribution >= 4 is 34.7 Å². The Morgan fingerprint density at radius 2 is 1.63 bits per heavy atom. The van der Waals surface area contributed by atoms with Crippen molar-refractivity contribution in [1.82, 2.24) is 19.5 Å². The van der Waals surface area contributed by atoms with Crippen LogP contribution in [0.1, 0.15) is 26.9 Å². The number of benzene rings is 2. The Hall–Kier alpha value is -3.89. The Morgan fingerprint density at radius 1 is 0.971 bits per heavy atom. The molecule has 0 N–H and O–H groups in total. The predicted octanol–water partition coefficient (Wildman–Crippen LogP) is 3.80. The smallest absolute Gasteiger partial charge is 0.338 e. The molecule has 0 radical (unpaired) electrons. The minimum atomic E-state index is -1.82. The van der Waals surface area contributed by atoms with E-state index in [1.165, 1.54) is 17.2 Å². The van der Waals surface area contributed by atoms with Gasteiger partial charge in [0, 0.05) is 0 Å². The van der Waals surface area contributed by atoms with E-state index in [9.17, 15) is 9.59 Å². The summed E-state index contributed by atoms with van der Waals surface area (Å²) in [7, 11) is 0. The third-order valence-corrected chi connectivity index (χ3v) is 5.77. The Labute approximate surface area is 203 Å². The fourth-order valence-electron chi connectivity index (χ4n) is 3.78. The minimum absolute atomic E-state index is 0.0996. The molecule has 3 heterocycles. The fourth-order valence-corrected chi connectivity index (χ4v) is 3.96. The highest BCUT2D eigenvalue weighted by Gasteiger charge is 2.49. The molecule has 0 amide bonds. The maximum Gasteiger partial charge on any atom is 0.338 e. The van der Waals surface area contributed by atoms with Gasteiger partial charge in [-0.15, -0.1) is 0 Å². The van der Waals surface area contributed by atoms with Crippen LogP contribution in [-0.4, -0.2) is 56.4 Å². The lowest BCUT2D eigenvalue weighted by atomic mass is 10.1. The van der Waals surface area contributed by atoms with E-state index in [4.69, 9.17) is 25.8 Å². The number of ether oxygens (including phenoxy) is 3. The van der Waals surface area contributed by atoms with E-state index >= 15 is 4.39 Å². The second-order valence-corrected chi connectivity index (χ2v) is 8.06. The third-order valence-electron chi connectivity index (χ3n) is 5.50. The van der Waals surface area contributed by atoms with Crippen LogP contribution in [0.3, 0.4) is 0 Å². The van der Waals surface area contributed by atoms with Crippen molar-refractivity contribution in [2.24, 2.45) is 0 Å². The standard InChI is InChI=1S/C24H18ClFN4O5/c25-20-18-21(28-12-27-20)30(13-29-18)22-17(26)19(35-24(32)15-9-5-2-6-10-15)16(34-22)11-33-23(31)14-7-3-1-4-8-14/h1-10,12-13,16-17,19,22H,11H2/t16?,17-,19?,22+/m0/s1. The lowest BCUT2D eigenvalue weighted by Crippen LogP contribution is -2.37. The zero-order valence-corrected chi connectivity index (χ0v) is 18.8. The molecule has 4 aromatic rings. The van der Waals surface area contributed by atoms with Crippen LogP contribution in [0.25, 0.3) is 11.2 Å². The van der Waals surface area contributed by atoms with E-state index in [0.29, 0.717) is 5.56 Å². The molecular weight excluding hydrogens is 479 g/mol. The number of imidazole rings is 1. The second-order valence-electron chi connectivity index (χ2n) is 7.70. The van der Waals surface area contributed by atoms with E-state index in [0.717, 1.165) is 0 Å². The first-order chi connectivity index (χ1) is 17.0. The Bertz CT molecular complexity index is 1350. The Kier molecular flexibility index (Phi) is 6.39. The zero-order chi connectivity index (χ0) is 24.4. The molecule has 1 saturated heterocycles. The summed E-state index contributed by atoms with van der Waals surface area (Å²) in [6, 6.07) is 16.5. The van der Waals surface area contributed by atoms with Gasteiger partial charge in [-0.2, -0.15) is 0 Å². The monoisotopic (exact) mass is 496 g/mol. The first-order valence-corrected chi connectivity index (χ1v) is 11.0. The molecule has 0 aliphatic carbocycles. The molecule has 178 valence electrons. The quantitative estimate of drug-likeness (QED) is 0.293. The Balaban J connectivity index is 1.40. The molecular formula is C24H18ClFN4O5. The molecule has 5 rings (SSSR count). The summed E-state index contributed by atoms with van der Waals surface area (Å²) in [4.78, 5) is 37.2. The number of carbonyl (C=O) groups is 2. The Morgan fingerprint density at radius 3 is 2.31 bits per heavy atom. The van der Waals surface area contributed by atoms with Crippen LogP contribution in [0.5, 0.6) is 0 Å². The molecule has 2 aromatic carbocycles. The second kappa shape index (κ2) is 9.77. The fraction of sp³-hybridized carbons (Fsp3) is 0.208. The normalized spacial score (nSPS) is 21.7. The van der Waals surface area contributed by atoms with Gasteiger partial charge >= 0.3 is 11.9 Å². The van der Waals surface area contributed by atoms with E-state index in [2.05, 4.69) is 15.0 Å². The van der Waals surface area contributed by atoms with Gasteiger partial charge in [0.2, 0.25) is 0 Å². The van der Waals surface area contributed by atoms with Crippen LogP contribution >= 0.6 is 11.6 Å². The van der Waals surface area contributed by atoms with E-state index in [1.54, 1.807) is 60.7 Å². The molecule has 9 nitrogen and oxygen atoms in total. The van der Waals surface area contributed by atoms with Crippen molar-refractivity contribution in [1.29, 1.82) is 0 Å². The van der Waals surface area contributed by atoms with Crippen LogP contribution in [0.2, 0.25) is 5.15 Å². The highest BCUT2D eigenvalue weighted by molar-refractivity contribution is 6.33. The van der Waals surface area contributed by atoms with Crippen molar-refractivity contribution in [3.05, 3.63) is 89.6 Å². The number of halogens is 2. The average Bonchev–Trinajstić information content (AvgIpc) is 3.45. The number of rotatable bonds is 6. The molecule has 11 heteroatoms. The zero-order valence-electron chi connectivity index (χ0n) is 18.0. The van der Waals surface area contributed by atoms with E-state index in [1.807, 2.05) is 0 Å². The van der Waals surface area contributed by atoms with Crippen LogP contribution < -0.4 is 0 Å². The van der Waals surface area contributed by atoms with Crippen molar-refractivity contribution in [3.8, 4) is 0 Å². The molecule has 0 saturated carbocycles. The molecule has 0 spiro atoms. The maximum absolute atomic E-state index is 15.8. The van der Waals surface area contributed by atoms with Gasteiger partial charge in [0.15, 0.2) is 29.3 Å². The lowest BCUT2D eigenvalue weighted by molar-refractivity contribution is -0.0570. The summed E-state index contributed by atoms with van der Waals surface area (Å²) >= 11 is 6.06. The molecule has 1 fully saturated rings. The summed E-state index contributed by atoms with van der Waals surface area (Å²) < 4.78 is 33.8. The molecule has 2 unspecified atom stereocenters. The first-order valence-electron chi connectivity index (χ1n) is 10.6. The molecule has 1 aliphatic rings. The number of aromatic nitrogens is 4. The number of alkyl halides is 1. The third kappa shape index (κ3) is 4.58. The van der Waals surface area contributed by atoms with Gasteiger partial charge in [-0.25, -0.2) is 28.9 Å². The minimum Gasteiger partial charge on any atom is -0.459 e. The molecule has 1 aliphatic heterocycles. The van der Waals surface area contributed by atoms with E-state index < -0.39 is 36.5 Å². The summed E-state index contributed by atoms with van der Waals surface area (Å²) in [5, 5.41) is 0.0996. The maximum atomic E-state index is 15.8. The lowest BCUT2D eigenvalue weighted by Gasteiger charge is -2.19. The molecule has 0 bridgehead atoms. The predicted molar refractivity (Wildman–Crippen MR) is 122 cm³/mol. The van der Waals surface area contributed by atoms with Gasteiger partial charge < -0.3 is 14.2 Å². The number of fused-ring (bicyclic) bond motifs is 1. The van der Waals surface area contributed by atoms with Crippen molar-refractivity contribution in [2.45, 2.75) is 24.6 Å². The summed E-state index contributed by atoms with van der Waals surface area (Å²) in [5.74, 6) is -1.35. The number of hydrogen-bond donors (Lipinski definition) is 0. The molecule has 35 heavy (non-hydrogen) atoms. The van der Waals surface area contributed by atoms with Gasteiger partial charge in [-0.05, 0) is 24.3 Å². The van der Waals surface area contributed by atoms with Crippen LogP contribution in [0.4, 0.5) is 4.39 Å². The van der Waals surface area contributed by atoms with Crippen LogP contribution in [0.15, 0.2) is 73.3 Å². The highest BCUT2D eigenvalue weighted by Crippen LogP contribution is 2.36. The number of hydrogen-bond acceptors (Lipinski definition) is 8. The average molecular weight is 497 g/mol. The molecule has 2 aromatic heterocycles. The highest BCUT2D eigenvalue weighted by atomic mass is 35.5. The molecule has 4 atom stereocenters. The van der Waals surface area contributed by atoms with E-state index in [-0.39, 0.29) is 28.5 Å². The number of esters is 2. The van der Waals surface area contributed by atoms with Crippen molar-refractivity contribution < 1.29 is 28.2 Å². The topological polar surface area (TPSA) is 105 Å². The number of carbonyl (C=O) groups excluding carboxylic acids is 2. The van der Waals surface area contributed by atoms with Gasteiger partial charge in [0.05, 0.1) is 17.5 Å². The van der Waals surface area contributed by atoms with Gasteiger partial charge in [0.1, 0.15) is 24.6 Å². The van der Waals surface area contributed by atoms with Crippen LogP contribution in [0, 0.1) is 0 Å². The summed E-state index contributed by atoms with van der Waals surface area (Å²) in [6.07, 6.45) is -3.01. The van der Waals surface area contributed by atoms with Gasteiger partial charge in [-0.3, -0.25) is 4.57 Å². The largest absolute Gasteiger partial charge is 0.459 e. The van der Waals surface area contributed by atoms with Crippen molar-refractivity contribution in [3.63, 3.8) is 0 Å². The number of nitrogens with zero attached hydrogens (tertiary/aromatic N) is 4. The van der Waals surface area contributed by atoms with Crippen LogP contribution in [-0.2, 0) is 14.2 Å². The first kappa shape index (κ1) is 22.9. The van der Waals surface area contributed by atoms with Gasteiger partial charge in [-0.1, -0.05) is 48.0 Å². The van der Waals surface area contributed by atoms with Gasteiger partial charge in [0.25, 0.3) is 0 Å². The summed E-state index contributed by atoms with van der Waals surface area (Å²) in [6.45, 7) is -0.347.